The van der Waals surface area contributed by atoms with E-state index in [1.165, 1.54) is 17.0 Å². The molecule has 1 aliphatic heterocycles. The van der Waals surface area contributed by atoms with Crippen LogP contribution >= 0.6 is 22.9 Å². The summed E-state index contributed by atoms with van der Waals surface area (Å²) < 4.78 is 0. The van der Waals surface area contributed by atoms with Crippen LogP contribution in [-0.4, -0.2) is 57.8 Å². The molecule has 1 saturated carbocycles. The summed E-state index contributed by atoms with van der Waals surface area (Å²) in [5.74, 6) is 1.93. The predicted octanol–water partition coefficient (Wildman–Crippen LogP) is 4.47. The summed E-state index contributed by atoms with van der Waals surface area (Å²) in [6.45, 7) is 7.25. The van der Waals surface area contributed by atoms with Gasteiger partial charge >= 0.3 is 0 Å². The molecule has 0 atom stereocenters. The van der Waals surface area contributed by atoms with E-state index in [0.29, 0.717) is 32.4 Å². The molecule has 3 aromatic rings. The topological polar surface area (TPSA) is 98.6 Å². The second-order valence-corrected chi connectivity index (χ2v) is 9.74. The van der Waals surface area contributed by atoms with Gasteiger partial charge in [0.25, 0.3) is 5.91 Å². The van der Waals surface area contributed by atoms with Crippen LogP contribution in [0, 0.1) is 13.8 Å². The molecular weight excluding hydrogens is 472 g/mol. The molecule has 0 spiro atoms. The minimum absolute atomic E-state index is 0.256. The highest BCUT2D eigenvalue weighted by atomic mass is 35.5. The van der Waals surface area contributed by atoms with E-state index >= 15 is 0 Å². The molecule has 2 N–H and O–H groups in total. The van der Waals surface area contributed by atoms with E-state index in [2.05, 4.69) is 40.6 Å². The van der Waals surface area contributed by atoms with E-state index in [9.17, 15) is 4.79 Å². The number of nitrogens with one attached hydrogen (secondary N) is 2. The van der Waals surface area contributed by atoms with Crippen molar-refractivity contribution in [2.45, 2.75) is 26.7 Å². The number of hydrogen-bond acceptors (Lipinski definition) is 9. The SMILES string of the molecule is Cc1nc(Nc2ncc(C(=O)Nc3c(C)cccc3Cl)s2)cc(N2CCN(N=C3CC3)CC2)n1. The van der Waals surface area contributed by atoms with E-state index in [1.807, 2.05) is 32.0 Å². The lowest BCUT2D eigenvalue weighted by molar-refractivity contribution is 0.103. The first kappa shape index (κ1) is 22.5. The molecule has 0 bridgehead atoms. The Bertz CT molecular complexity index is 1230. The van der Waals surface area contributed by atoms with Crippen molar-refractivity contribution in [2.75, 3.05) is 41.7 Å². The Hall–Kier alpha value is -3.24. The molecule has 1 aromatic carbocycles. The number of aryl methyl sites for hydroxylation is 2. The van der Waals surface area contributed by atoms with Crippen molar-refractivity contribution >= 4 is 57.0 Å². The van der Waals surface area contributed by atoms with Crippen LogP contribution in [0.25, 0.3) is 0 Å². The number of amides is 1. The standard InChI is InChI=1S/C23H25ClN8OS/c1-14-4-3-5-17(24)21(14)29-22(33)18-13-25-23(34-18)28-19-12-20(27-15(2)26-19)31-8-10-32(11-9-31)30-16-6-7-16/h3-5,12-13H,6-11H2,1-2H3,(H,29,33)(H,25,26,27,28). The van der Waals surface area contributed by atoms with Gasteiger partial charge in [0.15, 0.2) is 5.13 Å². The number of anilines is 4. The van der Waals surface area contributed by atoms with Gasteiger partial charge in [-0.1, -0.05) is 35.1 Å². The molecule has 1 amide bonds. The molecule has 9 nitrogen and oxygen atoms in total. The number of hydrogen-bond donors (Lipinski definition) is 2. The second kappa shape index (κ2) is 9.55. The van der Waals surface area contributed by atoms with Crippen molar-refractivity contribution < 1.29 is 4.79 Å². The smallest absolute Gasteiger partial charge is 0.267 e. The van der Waals surface area contributed by atoms with Crippen LogP contribution in [0.3, 0.4) is 0 Å². The van der Waals surface area contributed by atoms with Crippen molar-refractivity contribution in [3.8, 4) is 0 Å². The number of aromatic nitrogens is 3. The molecule has 34 heavy (non-hydrogen) atoms. The fraction of sp³-hybridized carbons (Fsp3) is 0.348. The van der Waals surface area contributed by atoms with Crippen LogP contribution in [0.4, 0.5) is 22.5 Å². The Balaban J connectivity index is 1.25. The molecular formula is C23H25ClN8OS. The van der Waals surface area contributed by atoms with E-state index in [-0.39, 0.29) is 5.91 Å². The van der Waals surface area contributed by atoms with Gasteiger partial charge in [-0.2, -0.15) is 5.10 Å². The quantitative estimate of drug-likeness (QED) is 0.519. The van der Waals surface area contributed by atoms with E-state index in [1.54, 1.807) is 12.3 Å². The zero-order valence-electron chi connectivity index (χ0n) is 19.0. The zero-order valence-corrected chi connectivity index (χ0v) is 20.6. The number of para-hydroxylation sites is 1. The number of piperazine rings is 1. The summed E-state index contributed by atoms with van der Waals surface area (Å²) in [7, 11) is 0. The molecule has 2 fully saturated rings. The molecule has 0 radical (unpaired) electrons. The monoisotopic (exact) mass is 496 g/mol. The molecule has 5 rings (SSSR count). The summed E-state index contributed by atoms with van der Waals surface area (Å²) in [6.07, 6.45) is 3.82. The first-order chi connectivity index (χ1) is 16.4. The summed E-state index contributed by atoms with van der Waals surface area (Å²) in [4.78, 5) is 28.9. The fourth-order valence-electron chi connectivity index (χ4n) is 3.67. The minimum Gasteiger partial charge on any atom is -0.353 e. The van der Waals surface area contributed by atoms with Gasteiger partial charge in [-0.15, -0.1) is 0 Å². The third-order valence-corrected chi connectivity index (χ3v) is 6.81. The highest BCUT2D eigenvalue weighted by Crippen LogP contribution is 2.28. The van der Waals surface area contributed by atoms with Gasteiger partial charge < -0.3 is 15.5 Å². The fourth-order valence-corrected chi connectivity index (χ4v) is 4.66. The van der Waals surface area contributed by atoms with Crippen molar-refractivity contribution in [2.24, 2.45) is 5.10 Å². The first-order valence-corrected chi connectivity index (χ1v) is 12.4. The molecule has 1 aliphatic carbocycles. The number of carbonyl (C=O) groups excluding carboxylic acids is 1. The van der Waals surface area contributed by atoms with Crippen LogP contribution in [0.2, 0.25) is 5.02 Å². The number of halogens is 1. The number of carbonyl (C=O) groups is 1. The van der Waals surface area contributed by atoms with Gasteiger partial charge in [-0.25, -0.2) is 15.0 Å². The Kier molecular flexibility index (Phi) is 6.34. The Morgan fingerprint density at radius 2 is 1.94 bits per heavy atom. The van der Waals surface area contributed by atoms with Crippen LogP contribution in [0.15, 0.2) is 35.6 Å². The van der Waals surface area contributed by atoms with Crippen LogP contribution < -0.4 is 15.5 Å². The van der Waals surface area contributed by atoms with E-state index < -0.39 is 0 Å². The second-order valence-electron chi connectivity index (χ2n) is 8.31. The number of thiazole rings is 1. The maximum absolute atomic E-state index is 12.7. The Labute approximate surface area is 206 Å². The lowest BCUT2D eigenvalue weighted by Gasteiger charge is -2.34. The molecule has 3 heterocycles. The third kappa shape index (κ3) is 5.28. The number of nitrogens with zero attached hydrogens (tertiary/aromatic N) is 6. The van der Waals surface area contributed by atoms with Crippen LogP contribution in [0.1, 0.15) is 33.9 Å². The lowest BCUT2D eigenvalue weighted by Crippen LogP contribution is -2.44. The third-order valence-electron chi connectivity index (χ3n) is 5.59. The maximum atomic E-state index is 12.7. The van der Waals surface area contributed by atoms with E-state index in [0.717, 1.165) is 50.4 Å². The highest BCUT2D eigenvalue weighted by Gasteiger charge is 2.21. The maximum Gasteiger partial charge on any atom is 0.267 e. The van der Waals surface area contributed by atoms with Crippen molar-refractivity contribution in [1.29, 1.82) is 0 Å². The van der Waals surface area contributed by atoms with Gasteiger partial charge in [0.05, 0.1) is 30.0 Å². The van der Waals surface area contributed by atoms with Gasteiger partial charge in [0.2, 0.25) is 0 Å². The van der Waals surface area contributed by atoms with Crippen LogP contribution in [0.5, 0.6) is 0 Å². The minimum atomic E-state index is -0.256. The predicted molar refractivity (Wildman–Crippen MR) is 137 cm³/mol. The first-order valence-electron chi connectivity index (χ1n) is 11.2. The Morgan fingerprint density at radius 1 is 1.15 bits per heavy atom. The molecule has 1 saturated heterocycles. The van der Waals surface area contributed by atoms with Crippen molar-refractivity contribution in [3.63, 3.8) is 0 Å². The number of rotatable bonds is 6. The van der Waals surface area contributed by atoms with Gasteiger partial charge in [0, 0.05) is 24.9 Å². The Morgan fingerprint density at radius 3 is 2.68 bits per heavy atom. The summed E-state index contributed by atoms with van der Waals surface area (Å²) in [6, 6.07) is 7.42. The average molecular weight is 497 g/mol. The van der Waals surface area contributed by atoms with Gasteiger partial charge in [-0.05, 0) is 38.3 Å². The van der Waals surface area contributed by atoms with E-state index in [4.69, 9.17) is 11.6 Å². The normalized spacial score (nSPS) is 15.3. The summed E-state index contributed by atoms with van der Waals surface area (Å²) >= 11 is 7.49. The number of benzene rings is 1. The van der Waals surface area contributed by atoms with Crippen molar-refractivity contribution in [3.05, 3.63) is 51.7 Å². The summed E-state index contributed by atoms with van der Waals surface area (Å²) in [5, 5.41) is 14.0. The molecule has 0 unspecified atom stereocenters. The van der Waals surface area contributed by atoms with Crippen molar-refractivity contribution in [1.82, 2.24) is 20.0 Å². The van der Waals surface area contributed by atoms with Gasteiger partial charge in [0.1, 0.15) is 22.3 Å². The summed E-state index contributed by atoms with van der Waals surface area (Å²) in [5.41, 5.74) is 2.81. The average Bonchev–Trinajstić information content (AvgIpc) is 3.50. The zero-order chi connectivity index (χ0) is 23.7. The molecule has 2 aromatic heterocycles. The molecule has 11 heteroatoms. The molecule has 2 aliphatic rings. The highest BCUT2D eigenvalue weighted by molar-refractivity contribution is 7.17. The van der Waals surface area contributed by atoms with Gasteiger partial charge in [-0.3, -0.25) is 9.80 Å². The molecule has 176 valence electrons. The lowest BCUT2D eigenvalue weighted by atomic mass is 10.2. The van der Waals surface area contributed by atoms with Crippen LogP contribution in [-0.2, 0) is 0 Å². The largest absolute Gasteiger partial charge is 0.353 e. The number of hydrazone groups is 1.